The summed E-state index contributed by atoms with van der Waals surface area (Å²) < 4.78 is 5.58. The molecule has 0 bridgehead atoms. The molecule has 1 nitrogen and oxygen atoms in total. The van der Waals surface area contributed by atoms with Gasteiger partial charge < -0.3 is 4.74 Å². The van der Waals surface area contributed by atoms with E-state index in [1.54, 1.807) is 0 Å². The fourth-order valence-corrected chi connectivity index (χ4v) is 1.67. The van der Waals surface area contributed by atoms with Crippen molar-refractivity contribution in [1.29, 1.82) is 0 Å². The van der Waals surface area contributed by atoms with Gasteiger partial charge in [-0.15, -0.1) is 0 Å². The summed E-state index contributed by atoms with van der Waals surface area (Å²) in [7, 11) is 0. The average molecular weight is 178 g/mol. The number of benzene rings is 1. The molecule has 0 atom stereocenters. The van der Waals surface area contributed by atoms with Crippen molar-refractivity contribution in [1.82, 2.24) is 0 Å². The highest BCUT2D eigenvalue weighted by molar-refractivity contribution is 5.41. The van der Waals surface area contributed by atoms with E-state index in [9.17, 15) is 0 Å². The molecule has 0 saturated heterocycles. The van der Waals surface area contributed by atoms with Gasteiger partial charge in [-0.1, -0.05) is 26.0 Å². The third-order valence-corrected chi connectivity index (χ3v) is 2.16. The molecule has 0 saturated carbocycles. The summed E-state index contributed by atoms with van der Waals surface area (Å²) in [4.78, 5) is 0. The van der Waals surface area contributed by atoms with Crippen LogP contribution in [0.5, 0.6) is 5.75 Å². The van der Waals surface area contributed by atoms with E-state index in [0.717, 1.165) is 12.4 Å². The molecular weight excluding hydrogens is 160 g/mol. The summed E-state index contributed by atoms with van der Waals surface area (Å²) in [6.07, 6.45) is 0. The Bertz CT molecular complexity index is 276. The molecule has 1 rings (SSSR count). The maximum absolute atomic E-state index is 5.58. The number of rotatable bonds is 3. The lowest BCUT2D eigenvalue weighted by molar-refractivity contribution is 0.335. The smallest absolute Gasteiger partial charge is 0.122 e. The van der Waals surface area contributed by atoms with Crippen molar-refractivity contribution in [2.24, 2.45) is 0 Å². The molecule has 13 heavy (non-hydrogen) atoms. The summed E-state index contributed by atoms with van der Waals surface area (Å²) in [5.41, 5.74) is 2.66. The van der Waals surface area contributed by atoms with Gasteiger partial charge in [-0.2, -0.15) is 0 Å². The van der Waals surface area contributed by atoms with Crippen molar-refractivity contribution in [3.63, 3.8) is 0 Å². The van der Waals surface area contributed by atoms with Crippen molar-refractivity contribution in [2.45, 2.75) is 33.6 Å². The normalized spacial score (nSPS) is 10.5. The van der Waals surface area contributed by atoms with E-state index in [1.165, 1.54) is 11.1 Å². The van der Waals surface area contributed by atoms with Gasteiger partial charge in [-0.25, -0.2) is 0 Å². The number of hydrogen-bond donors (Lipinski definition) is 0. The van der Waals surface area contributed by atoms with Crippen molar-refractivity contribution >= 4 is 0 Å². The lowest BCUT2D eigenvalue weighted by Crippen LogP contribution is -2.00. The van der Waals surface area contributed by atoms with Gasteiger partial charge in [0.05, 0.1) is 6.61 Å². The lowest BCUT2D eigenvalue weighted by Gasteiger charge is -2.15. The maximum atomic E-state index is 5.58. The predicted octanol–water partition coefficient (Wildman–Crippen LogP) is 3.52. The molecule has 0 heterocycles. The van der Waals surface area contributed by atoms with E-state index in [2.05, 4.69) is 26.8 Å². The van der Waals surface area contributed by atoms with Crippen molar-refractivity contribution < 1.29 is 4.74 Å². The molecule has 1 heteroatoms. The average Bonchev–Trinajstić information content (AvgIpc) is 2.04. The van der Waals surface area contributed by atoms with Crippen LogP contribution in [-0.4, -0.2) is 6.61 Å². The minimum Gasteiger partial charge on any atom is -0.494 e. The van der Waals surface area contributed by atoms with Crippen LogP contribution in [0.2, 0.25) is 0 Å². The predicted molar refractivity (Wildman–Crippen MR) is 56.4 cm³/mol. The van der Waals surface area contributed by atoms with Crippen molar-refractivity contribution in [3.8, 4) is 5.75 Å². The minimum atomic E-state index is 0.530. The van der Waals surface area contributed by atoms with Gasteiger partial charge in [-0.05, 0) is 37.0 Å². The summed E-state index contributed by atoms with van der Waals surface area (Å²) in [6.45, 7) is 9.29. The van der Waals surface area contributed by atoms with Gasteiger partial charge in [0.1, 0.15) is 5.75 Å². The molecule has 0 unspecified atom stereocenters. The molecule has 1 aromatic carbocycles. The van der Waals surface area contributed by atoms with Crippen LogP contribution in [-0.2, 0) is 0 Å². The number of hydrogen-bond acceptors (Lipinski definition) is 1. The Labute approximate surface area is 80.7 Å². The Morgan fingerprint density at radius 1 is 1.31 bits per heavy atom. The van der Waals surface area contributed by atoms with Gasteiger partial charge in [0.25, 0.3) is 0 Å². The molecule has 0 aliphatic heterocycles. The van der Waals surface area contributed by atoms with Crippen LogP contribution in [0.15, 0.2) is 18.2 Å². The summed E-state index contributed by atoms with van der Waals surface area (Å²) in [5, 5.41) is 0. The molecular formula is C12H18O. The van der Waals surface area contributed by atoms with E-state index in [0.29, 0.717) is 5.92 Å². The molecule has 0 aromatic heterocycles. The Morgan fingerprint density at radius 2 is 2.00 bits per heavy atom. The van der Waals surface area contributed by atoms with Gasteiger partial charge in [0.2, 0.25) is 0 Å². The molecule has 1 aromatic rings. The quantitative estimate of drug-likeness (QED) is 0.688. The molecule has 0 N–H and O–H groups in total. The second-order valence-corrected chi connectivity index (χ2v) is 3.57. The molecule has 72 valence electrons. The zero-order valence-electron chi connectivity index (χ0n) is 8.92. The topological polar surface area (TPSA) is 9.23 Å². The van der Waals surface area contributed by atoms with Gasteiger partial charge >= 0.3 is 0 Å². The molecule has 0 aliphatic carbocycles. The second kappa shape index (κ2) is 4.31. The maximum Gasteiger partial charge on any atom is 0.122 e. The summed E-state index contributed by atoms with van der Waals surface area (Å²) >= 11 is 0. The van der Waals surface area contributed by atoms with Crippen LogP contribution in [0.1, 0.15) is 37.8 Å². The Kier molecular flexibility index (Phi) is 3.35. The molecule has 0 spiro atoms. The summed E-state index contributed by atoms with van der Waals surface area (Å²) in [6, 6.07) is 6.23. The second-order valence-electron chi connectivity index (χ2n) is 3.57. The van der Waals surface area contributed by atoms with E-state index in [-0.39, 0.29) is 0 Å². The van der Waals surface area contributed by atoms with Crippen LogP contribution >= 0.6 is 0 Å². The van der Waals surface area contributed by atoms with Crippen LogP contribution < -0.4 is 4.74 Å². The first-order chi connectivity index (χ1) is 6.16. The van der Waals surface area contributed by atoms with Crippen LogP contribution in [0, 0.1) is 6.92 Å². The monoisotopic (exact) mass is 178 g/mol. The molecule has 0 aliphatic rings. The SMILES string of the molecule is CCOc1cccc(C)c1C(C)C. The van der Waals surface area contributed by atoms with Gasteiger partial charge in [0, 0.05) is 0 Å². The van der Waals surface area contributed by atoms with Crippen molar-refractivity contribution in [2.75, 3.05) is 6.61 Å². The highest BCUT2D eigenvalue weighted by Gasteiger charge is 2.09. The van der Waals surface area contributed by atoms with Crippen molar-refractivity contribution in [3.05, 3.63) is 29.3 Å². The first-order valence-electron chi connectivity index (χ1n) is 4.89. The first-order valence-corrected chi connectivity index (χ1v) is 4.89. The largest absolute Gasteiger partial charge is 0.494 e. The fourth-order valence-electron chi connectivity index (χ4n) is 1.67. The third-order valence-electron chi connectivity index (χ3n) is 2.16. The molecule has 0 radical (unpaired) electrons. The Hall–Kier alpha value is -0.980. The standard InChI is InChI=1S/C12H18O/c1-5-13-11-8-6-7-10(4)12(11)9(2)3/h6-9H,5H2,1-4H3. The zero-order chi connectivity index (χ0) is 9.84. The zero-order valence-corrected chi connectivity index (χ0v) is 8.92. The lowest BCUT2D eigenvalue weighted by atomic mass is 9.97. The highest BCUT2D eigenvalue weighted by atomic mass is 16.5. The van der Waals surface area contributed by atoms with Gasteiger partial charge in [-0.3, -0.25) is 0 Å². The van der Waals surface area contributed by atoms with E-state index < -0.39 is 0 Å². The highest BCUT2D eigenvalue weighted by Crippen LogP contribution is 2.29. The minimum absolute atomic E-state index is 0.530. The molecule has 0 amide bonds. The third kappa shape index (κ3) is 2.24. The van der Waals surface area contributed by atoms with E-state index in [4.69, 9.17) is 4.74 Å². The van der Waals surface area contributed by atoms with Crippen LogP contribution in [0.3, 0.4) is 0 Å². The number of ether oxygens (including phenoxy) is 1. The van der Waals surface area contributed by atoms with Crippen LogP contribution in [0.25, 0.3) is 0 Å². The Balaban J connectivity index is 3.10. The number of aryl methyl sites for hydroxylation is 1. The molecule has 0 fully saturated rings. The van der Waals surface area contributed by atoms with Gasteiger partial charge in [0.15, 0.2) is 0 Å². The first kappa shape index (κ1) is 10.1. The van der Waals surface area contributed by atoms with E-state index in [1.807, 2.05) is 19.1 Å². The van der Waals surface area contributed by atoms with E-state index >= 15 is 0 Å². The Morgan fingerprint density at radius 3 is 2.54 bits per heavy atom. The fraction of sp³-hybridized carbons (Fsp3) is 0.500. The summed E-state index contributed by atoms with van der Waals surface area (Å²) in [5.74, 6) is 1.57. The van der Waals surface area contributed by atoms with Crippen LogP contribution in [0.4, 0.5) is 0 Å².